The second-order valence-corrected chi connectivity index (χ2v) is 8.41. The predicted molar refractivity (Wildman–Crippen MR) is 127 cm³/mol. The number of rotatable bonds is 6. The molecule has 0 bridgehead atoms. The summed E-state index contributed by atoms with van der Waals surface area (Å²) < 4.78 is 68.6. The average molecular weight is 492 g/mol. The van der Waals surface area contributed by atoms with E-state index < -0.39 is 40.9 Å². The molecule has 0 spiro atoms. The van der Waals surface area contributed by atoms with Crippen LogP contribution in [0, 0.1) is 23.3 Å². The molecule has 0 N–H and O–H groups in total. The SMILES string of the molecule is CCc1ccc(-c2ccc(C(=O)Oc3ccc(-c4ccc(C5CO5)c(F)c4F)cc3)c(F)c2F)cc1. The lowest BCUT2D eigenvalue weighted by Gasteiger charge is -2.11. The quantitative estimate of drug-likeness (QED) is 0.122. The van der Waals surface area contributed by atoms with E-state index in [4.69, 9.17) is 9.47 Å². The first-order chi connectivity index (χ1) is 17.4. The second-order valence-electron chi connectivity index (χ2n) is 8.41. The van der Waals surface area contributed by atoms with Crippen LogP contribution >= 0.6 is 0 Å². The minimum atomic E-state index is -1.31. The van der Waals surface area contributed by atoms with Crippen LogP contribution in [0.25, 0.3) is 22.3 Å². The van der Waals surface area contributed by atoms with Crippen LogP contribution in [0.5, 0.6) is 5.75 Å². The Morgan fingerprint density at radius 1 is 0.778 bits per heavy atom. The average Bonchev–Trinajstić information content (AvgIpc) is 3.73. The van der Waals surface area contributed by atoms with E-state index in [1.54, 1.807) is 12.1 Å². The van der Waals surface area contributed by atoms with Crippen LogP contribution in [0.15, 0.2) is 72.8 Å². The van der Waals surface area contributed by atoms with Crippen molar-refractivity contribution in [1.82, 2.24) is 0 Å². The van der Waals surface area contributed by atoms with Crippen molar-refractivity contribution in [3.8, 4) is 28.0 Å². The van der Waals surface area contributed by atoms with Gasteiger partial charge in [0.25, 0.3) is 0 Å². The number of carbonyl (C=O) groups is 1. The van der Waals surface area contributed by atoms with Crippen LogP contribution in [0.3, 0.4) is 0 Å². The van der Waals surface area contributed by atoms with Crippen molar-refractivity contribution in [2.75, 3.05) is 6.61 Å². The largest absolute Gasteiger partial charge is 0.423 e. The Morgan fingerprint density at radius 2 is 1.33 bits per heavy atom. The Hall–Kier alpha value is -3.97. The summed E-state index contributed by atoms with van der Waals surface area (Å²) in [5.74, 6) is -5.49. The minimum Gasteiger partial charge on any atom is -0.423 e. The summed E-state index contributed by atoms with van der Waals surface area (Å²) in [4.78, 5) is 12.5. The Labute approximate surface area is 204 Å². The number of hydrogen-bond donors (Lipinski definition) is 0. The highest BCUT2D eigenvalue weighted by Crippen LogP contribution is 2.36. The molecule has 3 nitrogen and oxygen atoms in total. The second kappa shape index (κ2) is 9.59. The van der Waals surface area contributed by atoms with Crippen LogP contribution in [0.1, 0.15) is 34.5 Å². The third kappa shape index (κ3) is 4.50. The molecule has 1 saturated heterocycles. The predicted octanol–water partition coefficient (Wildman–Crippen LogP) is 7.43. The lowest BCUT2D eigenvalue weighted by atomic mass is 10.0. The van der Waals surface area contributed by atoms with Gasteiger partial charge in [-0.2, -0.15) is 0 Å². The summed E-state index contributed by atoms with van der Waals surface area (Å²) in [5.41, 5.74) is 1.57. The van der Waals surface area contributed by atoms with Crippen molar-refractivity contribution in [1.29, 1.82) is 0 Å². The first-order valence-electron chi connectivity index (χ1n) is 11.4. The number of halogens is 4. The highest BCUT2D eigenvalue weighted by atomic mass is 19.2. The summed E-state index contributed by atoms with van der Waals surface area (Å²) in [6.07, 6.45) is 0.396. The van der Waals surface area contributed by atoms with Gasteiger partial charge in [-0.15, -0.1) is 0 Å². The fraction of sp³-hybridized carbons (Fsp3) is 0.138. The van der Waals surface area contributed by atoms with Crippen LogP contribution in [-0.4, -0.2) is 12.6 Å². The lowest BCUT2D eigenvalue weighted by Crippen LogP contribution is -2.12. The maximum absolute atomic E-state index is 14.8. The smallest absolute Gasteiger partial charge is 0.346 e. The number of epoxide rings is 1. The molecule has 7 heteroatoms. The zero-order chi connectivity index (χ0) is 25.4. The summed E-state index contributed by atoms with van der Waals surface area (Å²) in [6, 6.07) is 18.1. The van der Waals surface area contributed by atoms with Gasteiger partial charge in [0.1, 0.15) is 11.9 Å². The molecule has 1 aliphatic heterocycles. The maximum Gasteiger partial charge on any atom is 0.346 e. The highest BCUT2D eigenvalue weighted by Gasteiger charge is 2.30. The summed E-state index contributed by atoms with van der Waals surface area (Å²) in [6.45, 7) is 2.35. The van der Waals surface area contributed by atoms with Gasteiger partial charge in [-0.05, 0) is 41.3 Å². The molecule has 0 saturated carbocycles. The van der Waals surface area contributed by atoms with E-state index in [2.05, 4.69) is 0 Å². The van der Waals surface area contributed by atoms with Gasteiger partial charge in [0.15, 0.2) is 23.3 Å². The molecular weight excluding hydrogens is 472 g/mol. The van der Waals surface area contributed by atoms with Crippen molar-refractivity contribution < 1.29 is 31.8 Å². The van der Waals surface area contributed by atoms with Crippen molar-refractivity contribution in [2.24, 2.45) is 0 Å². The maximum atomic E-state index is 14.8. The van der Waals surface area contributed by atoms with Crippen LogP contribution < -0.4 is 4.74 Å². The standard InChI is InChI=1S/C29H20F4O3/c1-2-16-3-5-17(6-4-16)21-12-14-23(28(33)26(21)31)29(34)36-19-9-7-18(8-10-19)20-11-13-22(24-15-35-24)27(32)25(20)30/h3-14,24H,2,15H2,1H3. The van der Waals surface area contributed by atoms with Gasteiger partial charge in [-0.1, -0.05) is 61.5 Å². The molecule has 1 aliphatic rings. The van der Waals surface area contributed by atoms with Gasteiger partial charge >= 0.3 is 5.97 Å². The van der Waals surface area contributed by atoms with E-state index in [0.29, 0.717) is 17.7 Å². The van der Waals surface area contributed by atoms with Crippen molar-refractivity contribution in [3.63, 3.8) is 0 Å². The van der Waals surface area contributed by atoms with Gasteiger partial charge in [-0.3, -0.25) is 0 Å². The summed E-state index contributed by atoms with van der Waals surface area (Å²) in [7, 11) is 0. The normalized spacial score (nSPS) is 14.5. The topological polar surface area (TPSA) is 38.8 Å². The number of ether oxygens (including phenoxy) is 2. The molecule has 182 valence electrons. The Morgan fingerprint density at radius 3 is 1.92 bits per heavy atom. The van der Waals surface area contributed by atoms with E-state index in [9.17, 15) is 22.4 Å². The van der Waals surface area contributed by atoms with Crippen molar-refractivity contribution in [3.05, 3.63) is 113 Å². The van der Waals surface area contributed by atoms with E-state index in [0.717, 1.165) is 12.0 Å². The van der Waals surface area contributed by atoms with Crippen LogP contribution in [-0.2, 0) is 11.2 Å². The first-order valence-corrected chi connectivity index (χ1v) is 11.4. The Kier molecular flexibility index (Phi) is 6.33. The van der Waals surface area contributed by atoms with Gasteiger partial charge in [0.05, 0.1) is 12.2 Å². The van der Waals surface area contributed by atoms with E-state index in [1.807, 2.05) is 19.1 Å². The van der Waals surface area contributed by atoms with E-state index in [-0.39, 0.29) is 22.4 Å². The summed E-state index contributed by atoms with van der Waals surface area (Å²) >= 11 is 0. The molecule has 1 unspecified atom stereocenters. The van der Waals surface area contributed by atoms with E-state index >= 15 is 0 Å². The molecule has 0 amide bonds. The number of carbonyl (C=O) groups excluding carboxylic acids is 1. The molecule has 1 atom stereocenters. The highest BCUT2D eigenvalue weighted by molar-refractivity contribution is 5.92. The summed E-state index contributed by atoms with van der Waals surface area (Å²) in [5, 5.41) is 0. The van der Waals surface area contributed by atoms with E-state index in [1.165, 1.54) is 48.5 Å². The molecule has 5 rings (SSSR count). The van der Waals surface area contributed by atoms with Gasteiger partial charge < -0.3 is 9.47 Å². The molecule has 1 heterocycles. The lowest BCUT2D eigenvalue weighted by molar-refractivity contribution is 0.0728. The Balaban J connectivity index is 1.34. The third-order valence-electron chi connectivity index (χ3n) is 6.14. The molecule has 0 aliphatic carbocycles. The fourth-order valence-electron chi connectivity index (χ4n) is 3.98. The van der Waals surface area contributed by atoms with Gasteiger partial charge in [-0.25, -0.2) is 22.4 Å². The van der Waals surface area contributed by atoms with Crippen LogP contribution in [0.4, 0.5) is 17.6 Å². The monoisotopic (exact) mass is 492 g/mol. The zero-order valence-electron chi connectivity index (χ0n) is 19.2. The Bertz CT molecular complexity index is 1440. The molecular formula is C29H20F4O3. The van der Waals surface area contributed by atoms with Crippen molar-refractivity contribution >= 4 is 5.97 Å². The molecule has 36 heavy (non-hydrogen) atoms. The molecule has 4 aromatic rings. The number of esters is 1. The fourth-order valence-corrected chi connectivity index (χ4v) is 3.98. The molecule has 1 fully saturated rings. The van der Waals surface area contributed by atoms with Crippen molar-refractivity contribution in [2.45, 2.75) is 19.4 Å². The number of hydrogen-bond acceptors (Lipinski definition) is 3. The zero-order valence-corrected chi connectivity index (χ0v) is 19.2. The number of aryl methyl sites for hydroxylation is 1. The minimum absolute atomic E-state index is 0.0320. The number of benzene rings is 4. The third-order valence-corrected chi connectivity index (χ3v) is 6.14. The molecule has 4 aromatic carbocycles. The first kappa shape index (κ1) is 23.8. The molecule has 0 aromatic heterocycles. The van der Waals surface area contributed by atoms with Gasteiger partial charge in [0, 0.05) is 16.7 Å². The van der Waals surface area contributed by atoms with Crippen LogP contribution in [0.2, 0.25) is 0 Å². The van der Waals surface area contributed by atoms with Gasteiger partial charge in [0.2, 0.25) is 0 Å². The molecule has 0 radical (unpaired) electrons.